The molecule has 0 radical (unpaired) electrons. The fourth-order valence-electron chi connectivity index (χ4n) is 3.10. The first kappa shape index (κ1) is 14.7. The van der Waals surface area contributed by atoms with Gasteiger partial charge in [0.2, 0.25) is 0 Å². The van der Waals surface area contributed by atoms with Crippen LogP contribution in [0.2, 0.25) is 0 Å². The van der Waals surface area contributed by atoms with Crippen LogP contribution in [-0.2, 0) is 6.54 Å². The summed E-state index contributed by atoms with van der Waals surface area (Å²) in [5.41, 5.74) is 1.21. The van der Waals surface area contributed by atoms with Gasteiger partial charge in [-0.25, -0.2) is 4.98 Å². The highest BCUT2D eigenvalue weighted by Gasteiger charge is 2.37. The quantitative estimate of drug-likeness (QED) is 0.889. The van der Waals surface area contributed by atoms with E-state index in [4.69, 9.17) is 0 Å². The molecule has 1 aliphatic carbocycles. The second-order valence-electron chi connectivity index (χ2n) is 6.14. The lowest BCUT2D eigenvalue weighted by Gasteiger charge is -2.30. The SMILES string of the molecule is CC1(CO)CCCC1NCc1cnc(-c2ccccc2)s1. The predicted octanol–water partition coefficient (Wildman–Crippen LogP) is 3.45. The monoisotopic (exact) mass is 302 g/mol. The molecule has 0 saturated heterocycles. The average Bonchev–Trinajstić information content (AvgIpc) is 3.13. The van der Waals surface area contributed by atoms with Crippen LogP contribution in [0, 0.1) is 5.41 Å². The minimum absolute atomic E-state index is 0.0347. The summed E-state index contributed by atoms with van der Waals surface area (Å²) in [5, 5.41) is 14.3. The normalized spacial score (nSPS) is 25.3. The summed E-state index contributed by atoms with van der Waals surface area (Å²) in [5.74, 6) is 0. The second kappa shape index (κ2) is 6.26. The highest BCUT2D eigenvalue weighted by Crippen LogP contribution is 2.37. The van der Waals surface area contributed by atoms with Crippen molar-refractivity contribution in [2.75, 3.05) is 6.61 Å². The van der Waals surface area contributed by atoms with Gasteiger partial charge in [-0.15, -0.1) is 11.3 Å². The summed E-state index contributed by atoms with van der Waals surface area (Å²) >= 11 is 1.74. The first-order chi connectivity index (χ1) is 10.2. The Labute approximate surface area is 130 Å². The number of hydrogen-bond donors (Lipinski definition) is 2. The largest absolute Gasteiger partial charge is 0.396 e. The summed E-state index contributed by atoms with van der Waals surface area (Å²) in [6.45, 7) is 3.28. The van der Waals surface area contributed by atoms with Gasteiger partial charge in [0.1, 0.15) is 5.01 Å². The molecule has 1 aliphatic rings. The van der Waals surface area contributed by atoms with Crippen LogP contribution in [0.5, 0.6) is 0 Å². The zero-order valence-electron chi connectivity index (χ0n) is 12.4. The molecule has 1 fully saturated rings. The van der Waals surface area contributed by atoms with Gasteiger partial charge in [-0.2, -0.15) is 0 Å². The van der Waals surface area contributed by atoms with Crippen LogP contribution in [0.25, 0.3) is 10.6 Å². The maximum absolute atomic E-state index is 9.60. The third-order valence-electron chi connectivity index (χ3n) is 4.54. The Morgan fingerprint density at radius 1 is 1.38 bits per heavy atom. The first-order valence-electron chi connectivity index (χ1n) is 7.56. The molecule has 2 aromatic rings. The molecule has 1 aromatic carbocycles. The maximum atomic E-state index is 9.60. The van der Waals surface area contributed by atoms with Gasteiger partial charge in [0.15, 0.2) is 0 Å². The molecule has 0 bridgehead atoms. The van der Waals surface area contributed by atoms with Crippen LogP contribution >= 0.6 is 11.3 Å². The van der Waals surface area contributed by atoms with Gasteiger partial charge < -0.3 is 10.4 Å². The molecule has 112 valence electrons. The van der Waals surface area contributed by atoms with Crippen LogP contribution in [0.4, 0.5) is 0 Å². The lowest BCUT2D eigenvalue weighted by atomic mass is 9.86. The third-order valence-corrected chi connectivity index (χ3v) is 5.59. The molecule has 1 saturated carbocycles. The molecule has 3 nitrogen and oxygen atoms in total. The number of rotatable bonds is 5. The molecular formula is C17H22N2OS. The Kier molecular flexibility index (Phi) is 4.38. The van der Waals surface area contributed by atoms with Crippen molar-refractivity contribution in [3.05, 3.63) is 41.4 Å². The predicted molar refractivity (Wildman–Crippen MR) is 87.2 cm³/mol. The smallest absolute Gasteiger partial charge is 0.123 e. The van der Waals surface area contributed by atoms with E-state index in [0.29, 0.717) is 6.04 Å². The Morgan fingerprint density at radius 2 is 2.19 bits per heavy atom. The molecule has 4 heteroatoms. The van der Waals surface area contributed by atoms with Gasteiger partial charge in [-0.1, -0.05) is 43.7 Å². The summed E-state index contributed by atoms with van der Waals surface area (Å²) in [6, 6.07) is 10.7. The first-order valence-corrected chi connectivity index (χ1v) is 8.37. The molecule has 1 aromatic heterocycles. The van der Waals surface area contributed by atoms with Crippen LogP contribution in [0.1, 0.15) is 31.1 Å². The van der Waals surface area contributed by atoms with Crippen molar-refractivity contribution in [1.82, 2.24) is 10.3 Å². The van der Waals surface area contributed by atoms with Crippen molar-refractivity contribution in [2.45, 2.75) is 38.8 Å². The second-order valence-corrected chi connectivity index (χ2v) is 7.25. The Morgan fingerprint density at radius 3 is 2.95 bits per heavy atom. The highest BCUT2D eigenvalue weighted by atomic mass is 32.1. The van der Waals surface area contributed by atoms with E-state index in [2.05, 4.69) is 29.4 Å². The maximum Gasteiger partial charge on any atom is 0.123 e. The van der Waals surface area contributed by atoms with Crippen LogP contribution in [-0.4, -0.2) is 22.7 Å². The lowest BCUT2D eigenvalue weighted by Crippen LogP contribution is -2.41. The Hall–Kier alpha value is -1.23. The third kappa shape index (κ3) is 3.18. The molecule has 2 atom stereocenters. The van der Waals surface area contributed by atoms with Crippen LogP contribution in [0.3, 0.4) is 0 Å². The lowest BCUT2D eigenvalue weighted by molar-refractivity contribution is 0.118. The number of nitrogens with zero attached hydrogens (tertiary/aromatic N) is 1. The summed E-state index contributed by atoms with van der Waals surface area (Å²) in [7, 11) is 0. The standard InChI is InChI=1S/C17H22N2OS/c1-17(12-20)9-5-8-15(17)18-10-14-11-19-16(21-14)13-6-3-2-4-7-13/h2-4,6-7,11,15,18,20H,5,8-10,12H2,1H3. The van der Waals surface area contributed by atoms with E-state index >= 15 is 0 Å². The van der Waals surface area contributed by atoms with Crippen molar-refractivity contribution in [1.29, 1.82) is 0 Å². The van der Waals surface area contributed by atoms with Crippen molar-refractivity contribution in [3.8, 4) is 10.6 Å². The van der Waals surface area contributed by atoms with E-state index < -0.39 is 0 Å². The van der Waals surface area contributed by atoms with E-state index in [1.54, 1.807) is 11.3 Å². The van der Waals surface area contributed by atoms with Gasteiger partial charge >= 0.3 is 0 Å². The van der Waals surface area contributed by atoms with Crippen molar-refractivity contribution < 1.29 is 5.11 Å². The van der Waals surface area contributed by atoms with Gasteiger partial charge in [-0.05, 0) is 12.8 Å². The highest BCUT2D eigenvalue weighted by molar-refractivity contribution is 7.15. The van der Waals surface area contributed by atoms with Gasteiger partial charge in [0.05, 0.1) is 0 Å². The number of hydrogen-bond acceptors (Lipinski definition) is 4. The summed E-state index contributed by atoms with van der Waals surface area (Å²) in [4.78, 5) is 5.77. The molecule has 21 heavy (non-hydrogen) atoms. The van der Waals surface area contributed by atoms with E-state index in [9.17, 15) is 5.11 Å². The summed E-state index contributed by atoms with van der Waals surface area (Å²) in [6.07, 6.45) is 5.43. The number of thiazole rings is 1. The number of benzene rings is 1. The van der Waals surface area contributed by atoms with Gasteiger partial charge in [-0.3, -0.25) is 0 Å². The van der Waals surface area contributed by atoms with Crippen LogP contribution < -0.4 is 5.32 Å². The Balaban J connectivity index is 1.63. The van der Waals surface area contributed by atoms with Gasteiger partial charge in [0.25, 0.3) is 0 Å². The zero-order valence-corrected chi connectivity index (χ0v) is 13.2. The minimum Gasteiger partial charge on any atom is -0.396 e. The van der Waals surface area contributed by atoms with E-state index in [-0.39, 0.29) is 12.0 Å². The molecule has 0 aliphatic heterocycles. The molecule has 2 unspecified atom stereocenters. The summed E-state index contributed by atoms with van der Waals surface area (Å²) < 4.78 is 0. The molecule has 3 rings (SSSR count). The molecule has 0 amide bonds. The fraction of sp³-hybridized carbons (Fsp3) is 0.471. The minimum atomic E-state index is 0.0347. The zero-order chi connectivity index (χ0) is 14.7. The van der Waals surface area contributed by atoms with Crippen molar-refractivity contribution >= 4 is 11.3 Å². The topological polar surface area (TPSA) is 45.1 Å². The van der Waals surface area contributed by atoms with E-state index in [0.717, 1.165) is 24.4 Å². The molecular weight excluding hydrogens is 280 g/mol. The number of aliphatic hydroxyl groups is 1. The molecule has 2 N–H and O–H groups in total. The van der Waals surface area contributed by atoms with Crippen LogP contribution in [0.15, 0.2) is 36.5 Å². The van der Waals surface area contributed by atoms with Gasteiger partial charge in [0, 0.05) is 41.2 Å². The number of aromatic nitrogens is 1. The molecule has 1 heterocycles. The number of nitrogens with one attached hydrogen (secondary N) is 1. The van der Waals surface area contributed by atoms with Crippen molar-refractivity contribution in [2.24, 2.45) is 5.41 Å². The average molecular weight is 302 g/mol. The Bertz CT molecular complexity index is 583. The number of aliphatic hydroxyl groups excluding tert-OH is 1. The van der Waals surface area contributed by atoms with Crippen molar-refractivity contribution in [3.63, 3.8) is 0 Å². The molecule has 0 spiro atoms. The van der Waals surface area contributed by atoms with E-state index in [1.165, 1.54) is 16.9 Å². The van der Waals surface area contributed by atoms with E-state index in [1.807, 2.05) is 24.4 Å². The fourth-order valence-corrected chi connectivity index (χ4v) is 3.97.